The highest BCUT2D eigenvalue weighted by Crippen LogP contribution is 2.32. The van der Waals surface area contributed by atoms with Gasteiger partial charge in [0, 0.05) is 22.2 Å². The number of hydrogen-bond acceptors (Lipinski definition) is 3. The van der Waals surface area contributed by atoms with Crippen molar-refractivity contribution in [1.29, 1.82) is 0 Å². The van der Waals surface area contributed by atoms with E-state index < -0.39 is 0 Å². The molecular formula is C27H35N3O3+2. The molecule has 0 amide bonds. The number of hydrogen-bond donors (Lipinski definition) is 3. The van der Waals surface area contributed by atoms with Crippen molar-refractivity contribution in [3.63, 3.8) is 0 Å². The third-order valence-corrected chi connectivity index (χ3v) is 7.18. The molecular weight excluding hydrogens is 414 g/mol. The van der Waals surface area contributed by atoms with Gasteiger partial charge in [-0.3, -0.25) is 4.79 Å². The van der Waals surface area contributed by atoms with Gasteiger partial charge in [-0.1, -0.05) is 19.4 Å². The molecule has 6 nitrogen and oxygen atoms in total. The van der Waals surface area contributed by atoms with E-state index in [1.54, 1.807) is 4.90 Å². The summed E-state index contributed by atoms with van der Waals surface area (Å²) in [6, 6.07) is 12.6. The first kappa shape index (κ1) is 22.0. The highest BCUT2D eigenvalue weighted by molar-refractivity contribution is 5.80. The van der Waals surface area contributed by atoms with Crippen LogP contribution in [0.25, 0.3) is 10.9 Å². The molecule has 174 valence electrons. The Kier molecular flexibility index (Phi) is 6.38. The predicted molar refractivity (Wildman–Crippen MR) is 129 cm³/mol. The largest absolute Gasteiger partial charge is 0.454 e. The molecule has 1 aromatic heterocycles. The molecule has 2 aromatic carbocycles. The second-order valence-corrected chi connectivity index (χ2v) is 9.58. The molecule has 1 fully saturated rings. The van der Waals surface area contributed by atoms with Crippen LogP contribution in [0.4, 0.5) is 0 Å². The monoisotopic (exact) mass is 449 g/mol. The highest BCUT2D eigenvalue weighted by Gasteiger charge is 2.25. The van der Waals surface area contributed by atoms with E-state index in [0.717, 1.165) is 85.8 Å². The zero-order chi connectivity index (χ0) is 22.8. The molecule has 33 heavy (non-hydrogen) atoms. The fraction of sp³-hybridized carbons (Fsp3) is 0.444. The van der Waals surface area contributed by atoms with E-state index in [-0.39, 0.29) is 5.43 Å². The van der Waals surface area contributed by atoms with E-state index in [2.05, 4.69) is 42.2 Å². The van der Waals surface area contributed by atoms with Gasteiger partial charge in [0.05, 0.1) is 5.56 Å². The first-order valence-electron chi connectivity index (χ1n) is 12.3. The van der Waals surface area contributed by atoms with Gasteiger partial charge in [-0.2, -0.15) is 0 Å². The minimum atomic E-state index is 0.210. The minimum Gasteiger partial charge on any atom is -0.454 e. The number of quaternary nitrogens is 2. The number of piperazine rings is 1. The summed E-state index contributed by atoms with van der Waals surface area (Å²) in [7, 11) is 0. The summed E-state index contributed by atoms with van der Waals surface area (Å²) in [5.41, 5.74) is 5.67. The second kappa shape index (κ2) is 9.57. The Morgan fingerprint density at radius 2 is 1.64 bits per heavy atom. The number of fused-ring (bicyclic) bond motifs is 2. The molecule has 0 aliphatic carbocycles. The number of pyridine rings is 1. The molecule has 3 heterocycles. The average molecular weight is 450 g/mol. The minimum absolute atomic E-state index is 0.210. The third-order valence-electron chi connectivity index (χ3n) is 7.18. The topological polar surface area (TPSA) is 60.2 Å². The Labute approximate surface area is 195 Å². The predicted octanol–water partition coefficient (Wildman–Crippen LogP) is 1.39. The van der Waals surface area contributed by atoms with Crippen LogP contribution in [0.5, 0.6) is 11.5 Å². The Hall–Kier alpha value is -2.83. The van der Waals surface area contributed by atoms with Crippen molar-refractivity contribution >= 4 is 10.9 Å². The van der Waals surface area contributed by atoms with Crippen LogP contribution in [0.2, 0.25) is 0 Å². The number of ether oxygens (including phenoxy) is 2. The number of H-pyrrole nitrogens is 1. The molecule has 2 aliphatic rings. The highest BCUT2D eigenvalue weighted by atomic mass is 16.7. The van der Waals surface area contributed by atoms with Crippen molar-refractivity contribution in [3.05, 3.63) is 69.0 Å². The fourth-order valence-corrected chi connectivity index (χ4v) is 5.15. The van der Waals surface area contributed by atoms with E-state index >= 15 is 0 Å². The normalized spacial score (nSPS) is 19.8. The molecule has 0 radical (unpaired) electrons. The van der Waals surface area contributed by atoms with Crippen LogP contribution in [0.1, 0.15) is 42.1 Å². The van der Waals surface area contributed by atoms with Gasteiger partial charge in [-0.25, -0.2) is 0 Å². The average Bonchev–Trinajstić information content (AvgIpc) is 3.30. The summed E-state index contributed by atoms with van der Waals surface area (Å²) in [6.45, 7) is 10.7. The van der Waals surface area contributed by atoms with Crippen LogP contribution in [-0.2, 0) is 19.5 Å². The van der Waals surface area contributed by atoms with E-state index in [9.17, 15) is 4.79 Å². The molecule has 3 aromatic rings. The van der Waals surface area contributed by atoms with Crippen LogP contribution < -0.4 is 24.7 Å². The van der Waals surface area contributed by atoms with Crippen molar-refractivity contribution < 1.29 is 19.3 Å². The lowest BCUT2D eigenvalue weighted by atomic mass is 10.0. The van der Waals surface area contributed by atoms with Crippen molar-refractivity contribution in [1.82, 2.24) is 4.98 Å². The summed E-state index contributed by atoms with van der Waals surface area (Å²) in [5, 5.41) is 0.843. The van der Waals surface area contributed by atoms with Crippen molar-refractivity contribution in [2.24, 2.45) is 0 Å². The second-order valence-electron chi connectivity index (χ2n) is 9.58. The van der Waals surface area contributed by atoms with Crippen LogP contribution in [0.3, 0.4) is 0 Å². The molecule has 0 saturated carbocycles. The van der Waals surface area contributed by atoms with Gasteiger partial charge in [-0.15, -0.1) is 0 Å². The lowest BCUT2D eigenvalue weighted by Crippen LogP contribution is -3.27. The first-order chi connectivity index (χ1) is 16.1. The summed E-state index contributed by atoms with van der Waals surface area (Å²) in [5.74, 6) is 1.71. The molecule has 1 saturated heterocycles. The van der Waals surface area contributed by atoms with E-state index in [4.69, 9.17) is 9.47 Å². The molecule has 5 rings (SSSR count). The number of aryl methyl sites for hydroxylation is 2. The quantitative estimate of drug-likeness (QED) is 0.511. The summed E-state index contributed by atoms with van der Waals surface area (Å²) in [4.78, 5) is 20.0. The van der Waals surface area contributed by atoms with Gasteiger partial charge in [0.2, 0.25) is 6.79 Å². The molecule has 0 bridgehead atoms. The van der Waals surface area contributed by atoms with Crippen molar-refractivity contribution in [2.45, 2.75) is 46.2 Å². The molecule has 2 aliphatic heterocycles. The number of benzene rings is 2. The Balaban J connectivity index is 1.24. The smallest absolute Gasteiger partial charge is 0.231 e. The van der Waals surface area contributed by atoms with Crippen LogP contribution in [0.15, 0.2) is 41.2 Å². The van der Waals surface area contributed by atoms with Gasteiger partial charge in [0.25, 0.3) is 0 Å². The van der Waals surface area contributed by atoms with Crippen LogP contribution >= 0.6 is 0 Å². The number of aromatic nitrogens is 1. The number of rotatable bonds is 7. The van der Waals surface area contributed by atoms with Gasteiger partial charge in [0.15, 0.2) is 16.9 Å². The SMILES string of the molecule is CCCCc1ccc2[nH]c(C)c(C[NH+]3CC[NH+](Cc4ccc5c(c4)OCO5)CC3)c(=O)c2c1. The van der Waals surface area contributed by atoms with E-state index in [1.807, 2.05) is 13.0 Å². The van der Waals surface area contributed by atoms with Crippen LogP contribution in [-0.4, -0.2) is 38.0 Å². The number of aromatic amines is 1. The van der Waals surface area contributed by atoms with Gasteiger partial charge in [-0.05, 0) is 55.7 Å². The van der Waals surface area contributed by atoms with E-state index in [1.165, 1.54) is 22.4 Å². The fourth-order valence-electron chi connectivity index (χ4n) is 5.15. The maximum absolute atomic E-state index is 13.4. The summed E-state index contributed by atoms with van der Waals surface area (Å²) < 4.78 is 10.9. The standard InChI is InChI=1S/C27H33N3O3/c1-3-4-5-20-6-8-24-22(14-20)27(31)23(19(2)28-24)17-30-12-10-29(11-13-30)16-21-7-9-25-26(15-21)33-18-32-25/h6-9,14-15H,3-5,10-13,16-18H2,1-2H3,(H,28,31)/p+2. The number of unbranched alkanes of at least 4 members (excludes halogenated alkanes) is 1. The maximum Gasteiger partial charge on any atom is 0.231 e. The first-order valence-corrected chi connectivity index (χ1v) is 12.3. The zero-order valence-corrected chi connectivity index (χ0v) is 19.8. The maximum atomic E-state index is 13.4. The molecule has 0 atom stereocenters. The van der Waals surface area contributed by atoms with E-state index in [0.29, 0.717) is 6.79 Å². The van der Waals surface area contributed by atoms with Gasteiger partial charge in [0.1, 0.15) is 39.3 Å². The molecule has 6 heteroatoms. The Bertz CT molecular complexity index is 1200. The lowest BCUT2D eigenvalue weighted by molar-refractivity contribution is -1.02. The summed E-state index contributed by atoms with van der Waals surface area (Å²) in [6.07, 6.45) is 3.36. The Morgan fingerprint density at radius 1 is 0.909 bits per heavy atom. The lowest BCUT2D eigenvalue weighted by Gasteiger charge is -2.30. The van der Waals surface area contributed by atoms with Crippen molar-refractivity contribution in [2.75, 3.05) is 33.0 Å². The molecule has 0 spiro atoms. The van der Waals surface area contributed by atoms with Gasteiger partial charge < -0.3 is 24.3 Å². The Morgan fingerprint density at radius 3 is 2.42 bits per heavy atom. The summed E-state index contributed by atoms with van der Waals surface area (Å²) >= 11 is 0. The molecule has 3 N–H and O–H groups in total. The molecule has 0 unspecified atom stereocenters. The number of nitrogens with one attached hydrogen (secondary N) is 3. The zero-order valence-electron chi connectivity index (χ0n) is 19.8. The van der Waals surface area contributed by atoms with Gasteiger partial charge >= 0.3 is 0 Å². The third kappa shape index (κ3) is 4.77. The van der Waals surface area contributed by atoms with Crippen molar-refractivity contribution in [3.8, 4) is 11.5 Å². The van der Waals surface area contributed by atoms with Crippen LogP contribution in [0, 0.1) is 6.92 Å².